The van der Waals surface area contributed by atoms with Gasteiger partial charge in [0, 0.05) is 11.6 Å². The molecule has 0 fully saturated rings. The molecular weight excluding hydrogens is 440 g/mol. The van der Waals surface area contributed by atoms with Crippen molar-refractivity contribution < 1.29 is 18.7 Å². The van der Waals surface area contributed by atoms with Gasteiger partial charge in [-0.15, -0.1) is 11.3 Å². The molecule has 0 saturated carbocycles. The van der Waals surface area contributed by atoms with Crippen LogP contribution in [-0.4, -0.2) is 24.1 Å². The fourth-order valence-electron chi connectivity index (χ4n) is 4.06. The Bertz CT molecular complexity index is 1380. The summed E-state index contributed by atoms with van der Waals surface area (Å²) in [5.74, 6) is 0.840. The molecule has 0 saturated heterocycles. The molecule has 2 aromatic heterocycles. The van der Waals surface area contributed by atoms with E-state index in [2.05, 4.69) is 4.98 Å². The van der Waals surface area contributed by atoms with Gasteiger partial charge in [0.25, 0.3) is 5.91 Å². The van der Waals surface area contributed by atoms with E-state index in [1.165, 1.54) is 16.2 Å². The molecule has 3 heterocycles. The van der Waals surface area contributed by atoms with Crippen molar-refractivity contribution in [3.63, 3.8) is 0 Å². The maximum atomic E-state index is 13.6. The van der Waals surface area contributed by atoms with Gasteiger partial charge in [0.2, 0.25) is 5.76 Å². The van der Waals surface area contributed by atoms with Crippen LogP contribution < -0.4 is 19.8 Å². The highest BCUT2D eigenvalue weighted by Gasteiger charge is 2.45. The van der Waals surface area contributed by atoms with Crippen LogP contribution in [0.1, 0.15) is 48.0 Å². The van der Waals surface area contributed by atoms with Crippen LogP contribution in [0.15, 0.2) is 63.3 Å². The van der Waals surface area contributed by atoms with E-state index in [-0.39, 0.29) is 11.2 Å². The molecule has 1 unspecified atom stereocenters. The first-order chi connectivity index (χ1) is 16.1. The van der Waals surface area contributed by atoms with Crippen LogP contribution in [0.5, 0.6) is 11.5 Å². The number of ether oxygens (including phenoxy) is 2. The molecular formula is C25H22N2O5S. The van der Waals surface area contributed by atoms with Gasteiger partial charge in [-0.1, -0.05) is 25.1 Å². The number of hydrogen-bond donors (Lipinski definition) is 0. The number of nitrogens with zero attached hydrogens (tertiary/aromatic N) is 2. The molecule has 0 radical (unpaired) electrons. The maximum Gasteiger partial charge on any atom is 0.297 e. The predicted molar refractivity (Wildman–Crippen MR) is 127 cm³/mol. The second kappa shape index (κ2) is 8.71. The first-order valence-corrected chi connectivity index (χ1v) is 11.7. The molecule has 0 spiro atoms. The molecule has 5 rings (SSSR count). The van der Waals surface area contributed by atoms with E-state index < -0.39 is 11.9 Å². The van der Waals surface area contributed by atoms with Gasteiger partial charge in [-0.25, -0.2) is 4.98 Å². The Morgan fingerprint density at radius 1 is 1.09 bits per heavy atom. The summed E-state index contributed by atoms with van der Waals surface area (Å²) >= 11 is 1.33. The minimum Gasteiger partial charge on any atom is -0.490 e. The van der Waals surface area contributed by atoms with E-state index in [4.69, 9.17) is 13.9 Å². The van der Waals surface area contributed by atoms with E-state index >= 15 is 0 Å². The number of fused-ring (bicyclic) bond motifs is 2. The highest BCUT2D eigenvalue weighted by atomic mass is 32.1. The lowest BCUT2D eigenvalue weighted by molar-refractivity contribution is 0.0971. The van der Waals surface area contributed by atoms with Gasteiger partial charge in [0.15, 0.2) is 22.1 Å². The van der Waals surface area contributed by atoms with E-state index in [0.29, 0.717) is 51.9 Å². The van der Waals surface area contributed by atoms with Gasteiger partial charge in [0.05, 0.1) is 30.2 Å². The van der Waals surface area contributed by atoms with Gasteiger partial charge in [-0.05, 0) is 43.2 Å². The van der Waals surface area contributed by atoms with Gasteiger partial charge < -0.3 is 13.9 Å². The SMILES string of the molecule is CCCOc1ccc(C2c3c(oc4ccccc4c3=O)C(=O)N2c2nccs2)cc1OCC. The summed E-state index contributed by atoms with van der Waals surface area (Å²) in [6.07, 6.45) is 2.50. The number of thiazole rings is 1. The fourth-order valence-corrected chi connectivity index (χ4v) is 4.73. The molecule has 0 bridgehead atoms. The number of rotatable bonds is 7. The zero-order chi connectivity index (χ0) is 22.9. The van der Waals surface area contributed by atoms with E-state index in [0.717, 1.165) is 6.42 Å². The minimum absolute atomic E-state index is 0.0446. The highest BCUT2D eigenvalue weighted by Crippen LogP contribution is 2.43. The standard InChI is InChI=1S/C25H22N2O5S/c1-3-12-31-18-10-9-15(14-19(18)30-4-2)21-20-22(28)16-7-5-6-8-17(16)32-23(20)24(29)27(21)25-26-11-13-33-25/h5-11,13-14,21H,3-4,12H2,1-2H3. The largest absolute Gasteiger partial charge is 0.490 e. The molecule has 2 aromatic carbocycles. The molecule has 8 heteroatoms. The van der Waals surface area contributed by atoms with Crippen molar-refractivity contribution in [1.82, 2.24) is 4.98 Å². The molecule has 1 aliphatic rings. The lowest BCUT2D eigenvalue weighted by Gasteiger charge is -2.23. The van der Waals surface area contributed by atoms with Gasteiger partial charge in [0.1, 0.15) is 5.58 Å². The molecule has 0 N–H and O–H groups in total. The average molecular weight is 463 g/mol. The van der Waals surface area contributed by atoms with E-state index in [1.807, 2.05) is 32.0 Å². The molecule has 7 nitrogen and oxygen atoms in total. The Morgan fingerprint density at radius 2 is 1.94 bits per heavy atom. The van der Waals surface area contributed by atoms with Crippen LogP contribution in [0.3, 0.4) is 0 Å². The third-order valence-electron chi connectivity index (χ3n) is 5.45. The summed E-state index contributed by atoms with van der Waals surface area (Å²) in [5, 5.41) is 2.72. The average Bonchev–Trinajstić information content (AvgIpc) is 3.45. The molecule has 1 amide bonds. The number of carbonyl (C=O) groups excluding carboxylic acids is 1. The monoisotopic (exact) mass is 462 g/mol. The molecule has 4 aromatic rings. The Kier molecular flexibility index (Phi) is 5.60. The number of para-hydroxylation sites is 1. The number of benzene rings is 2. The normalized spacial score (nSPS) is 15.2. The number of aromatic nitrogens is 1. The number of carbonyl (C=O) groups is 1. The van der Waals surface area contributed by atoms with Crippen molar-refractivity contribution in [3.8, 4) is 11.5 Å². The second-order valence-electron chi connectivity index (χ2n) is 7.55. The second-order valence-corrected chi connectivity index (χ2v) is 8.42. The first kappa shape index (κ1) is 21.2. The zero-order valence-electron chi connectivity index (χ0n) is 18.2. The Labute approximate surface area is 194 Å². The molecule has 168 valence electrons. The predicted octanol–water partition coefficient (Wildman–Crippen LogP) is 5.19. The number of hydrogen-bond acceptors (Lipinski definition) is 7. The summed E-state index contributed by atoms with van der Waals surface area (Å²) in [7, 11) is 0. The van der Waals surface area contributed by atoms with Crippen LogP contribution in [0.4, 0.5) is 5.13 Å². The topological polar surface area (TPSA) is 81.9 Å². The lowest BCUT2D eigenvalue weighted by atomic mass is 9.98. The Balaban J connectivity index is 1.73. The smallest absolute Gasteiger partial charge is 0.297 e. The Morgan fingerprint density at radius 3 is 2.70 bits per heavy atom. The zero-order valence-corrected chi connectivity index (χ0v) is 19.1. The van der Waals surface area contributed by atoms with Gasteiger partial charge in [-0.3, -0.25) is 14.5 Å². The third-order valence-corrected chi connectivity index (χ3v) is 6.22. The van der Waals surface area contributed by atoms with Crippen LogP contribution in [0, 0.1) is 0 Å². The van der Waals surface area contributed by atoms with Gasteiger partial charge >= 0.3 is 0 Å². The highest BCUT2D eigenvalue weighted by molar-refractivity contribution is 7.13. The summed E-state index contributed by atoms with van der Waals surface area (Å²) < 4.78 is 17.6. The van der Waals surface area contributed by atoms with Crippen molar-refractivity contribution in [2.45, 2.75) is 26.3 Å². The van der Waals surface area contributed by atoms with Crippen molar-refractivity contribution >= 4 is 33.3 Å². The summed E-state index contributed by atoms with van der Waals surface area (Å²) in [4.78, 5) is 32.9. The molecule has 33 heavy (non-hydrogen) atoms. The quantitative estimate of drug-likeness (QED) is 0.376. The fraction of sp³-hybridized carbons (Fsp3) is 0.240. The van der Waals surface area contributed by atoms with Gasteiger partial charge in [-0.2, -0.15) is 0 Å². The molecule has 1 atom stereocenters. The number of amides is 1. The van der Waals surface area contributed by atoms with Crippen molar-refractivity contribution in [2.24, 2.45) is 0 Å². The van der Waals surface area contributed by atoms with Crippen molar-refractivity contribution in [1.29, 1.82) is 0 Å². The van der Waals surface area contributed by atoms with Crippen LogP contribution in [0.25, 0.3) is 11.0 Å². The molecule has 0 aliphatic carbocycles. The Hall–Kier alpha value is -3.65. The minimum atomic E-state index is -0.695. The number of anilines is 1. The summed E-state index contributed by atoms with van der Waals surface area (Å²) in [6.45, 7) is 4.94. The third kappa shape index (κ3) is 3.56. The van der Waals surface area contributed by atoms with Crippen LogP contribution in [0.2, 0.25) is 0 Å². The van der Waals surface area contributed by atoms with Crippen molar-refractivity contribution in [2.75, 3.05) is 18.1 Å². The maximum absolute atomic E-state index is 13.6. The molecule has 1 aliphatic heterocycles. The summed E-state index contributed by atoms with van der Waals surface area (Å²) in [5.41, 5.74) is 1.17. The van der Waals surface area contributed by atoms with Crippen LogP contribution >= 0.6 is 11.3 Å². The van der Waals surface area contributed by atoms with Crippen LogP contribution in [-0.2, 0) is 0 Å². The summed E-state index contributed by atoms with van der Waals surface area (Å²) in [6, 6.07) is 11.8. The van der Waals surface area contributed by atoms with E-state index in [9.17, 15) is 9.59 Å². The van der Waals surface area contributed by atoms with E-state index in [1.54, 1.807) is 35.8 Å². The first-order valence-electron chi connectivity index (χ1n) is 10.8. The van der Waals surface area contributed by atoms with Crippen molar-refractivity contribution in [3.05, 3.63) is 81.2 Å². The lowest BCUT2D eigenvalue weighted by Crippen LogP contribution is -2.29.